The molecule has 29 heavy (non-hydrogen) atoms. The molecule has 2 heterocycles. The van der Waals surface area contributed by atoms with Crippen molar-refractivity contribution in [2.75, 3.05) is 24.7 Å². The smallest absolute Gasteiger partial charge is 0.227 e. The second-order valence-corrected chi connectivity index (χ2v) is 7.91. The summed E-state index contributed by atoms with van der Waals surface area (Å²) in [4.78, 5) is 26.9. The van der Waals surface area contributed by atoms with Gasteiger partial charge in [-0.2, -0.15) is 0 Å². The van der Waals surface area contributed by atoms with Crippen LogP contribution < -0.4 is 19.7 Å². The number of nitrogens with zero attached hydrogens (tertiary/aromatic N) is 1. The third-order valence-electron chi connectivity index (χ3n) is 5.98. The highest BCUT2D eigenvalue weighted by Crippen LogP contribution is 2.48. The lowest BCUT2D eigenvalue weighted by Gasteiger charge is -2.29. The average molecular weight is 392 g/mol. The zero-order valence-corrected chi connectivity index (χ0v) is 16.3. The van der Waals surface area contributed by atoms with Crippen LogP contribution in [-0.2, 0) is 21.5 Å². The lowest BCUT2D eigenvalue weighted by atomic mass is 10.0. The lowest BCUT2D eigenvalue weighted by Crippen LogP contribution is -2.40. The van der Waals surface area contributed by atoms with E-state index in [0.29, 0.717) is 26.2 Å². The van der Waals surface area contributed by atoms with Gasteiger partial charge in [0.1, 0.15) is 13.2 Å². The maximum absolute atomic E-state index is 12.7. The van der Waals surface area contributed by atoms with Crippen LogP contribution in [0.15, 0.2) is 42.5 Å². The molecule has 2 aromatic carbocycles. The number of para-hydroxylation sites is 1. The molecule has 0 aromatic heterocycles. The molecule has 1 N–H and O–H groups in total. The largest absolute Gasteiger partial charge is 0.486 e. The van der Waals surface area contributed by atoms with Gasteiger partial charge >= 0.3 is 0 Å². The van der Waals surface area contributed by atoms with Crippen LogP contribution in [0.4, 0.5) is 5.69 Å². The number of ether oxygens (including phenoxy) is 2. The molecule has 2 aliphatic heterocycles. The molecule has 1 aliphatic carbocycles. The lowest BCUT2D eigenvalue weighted by molar-refractivity contribution is -0.122. The zero-order valence-electron chi connectivity index (χ0n) is 16.3. The summed E-state index contributed by atoms with van der Waals surface area (Å²) in [5, 5.41) is 3.20. The van der Waals surface area contributed by atoms with Crippen molar-refractivity contribution in [2.24, 2.45) is 0 Å². The maximum Gasteiger partial charge on any atom is 0.227 e. The van der Waals surface area contributed by atoms with E-state index in [1.54, 1.807) is 4.90 Å². The minimum Gasteiger partial charge on any atom is -0.486 e. The van der Waals surface area contributed by atoms with Crippen LogP contribution in [0.2, 0.25) is 0 Å². The van der Waals surface area contributed by atoms with Crippen molar-refractivity contribution in [3.05, 3.63) is 53.6 Å². The highest BCUT2D eigenvalue weighted by Gasteiger charge is 2.46. The second-order valence-electron chi connectivity index (χ2n) is 7.91. The first-order valence-corrected chi connectivity index (χ1v) is 10.2. The molecule has 0 spiro atoms. The first kappa shape index (κ1) is 18.0. The molecule has 0 saturated heterocycles. The van der Waals surface area contributed by atoms with Crippen LogP contribution in [0.25, 0.3) is 0 Å². The molecule has 2 amide bonds. The summed E-state index contributed by atoms with van der Waals surface area (Å²) < 4.78 is 11.3. The summed E-state index contributed by atoms with van der Waals surface area (Å²) in [7, 11) is 0. The van der Waals surface area contributed by atoms with Crippen LogP contribution in [0.1, 0.15) is 36.8 Å². The number of hydrogen-bond donors (Lipinski definition) is 1. The maximum atomic E-state index is 12.7. The van der Waals surface area contributed by atoms with Gasteiger partial charge in [0, 0.05) is 25.1 Å². The fraction of sp³-hybridized carbons (Fsp3) is 0.391. The summed E-state index contributed by atoms with van der Waals surface area (Å²) in [6.45, 7) is 1.51. The van der Waals surface area contributed by atoms with E-state index < -0.39 is 0 Å². The van der Waals surface area contributed by atoms with E-state index in [-0.39, 0.29) is 23.8 Å². The molecule has 3 aliphatic rings. The average Bonchev–Trinajstić information content (AvgIpc) is 3.53. The van der Waals surface area contributed by atoms with E-state index in [4.69, 9.17) is 9.47 Å². The van der Waals surface area contributed by atoms with Gasteiger partial charge in [-0.1, -0.05) is 24.3 Å². The first-order valence-electron chi connectivity index (χ1n) is 10.2. The van der Waals surface area contributed by atoms with E-state index in [1.807, 2.05) is 36.4 Å². The number of carbonyl (C=O) groups excluding carboxylic acids is 2. The van der Waals surface area contributed by atoms with Crippen molar-refractivity contribution in [1.82, 2.24) is 5.32 Å². The summed E-state index contributed by atoms with van der Waals surface area (Å²) in [5.74, 6) is 1.55. The molecule has 2 aromatic rings. The number of aryl methyl sites for hydroxylation is 1. The Morgan fingerprint density at radius 1 is 1.03 bits per heavy atom. The topological polar surface area (TPSA) is 67.9 Å². The Morgan fingerprint density at radius 2 is 1.83 bits per heavy atom. The van der Waals surface area contributed by atoms with Crippen LogP contribution in [0.3, 0.4) is 0 Å². The standard InChI is InChI=1S/C23H24N2O4/c26-21(9-12-25-18-4-2-1-3-16(18)5-8-22(25)27)24-23(10-11-23)17-6-7-19-20(15-17)29-14-13-28-19/h1-4,6-7,15H,5,8-14H2,(H,24,26). The molecule has 6 heteroatoms. The van der Waals surface area contributed by atoms with Crippen LogP contribution in [0.5, 0.6) is 11.5 Å². The third kappa shape index (κ3) is 3.43. The van der Waals surface area contributed by atoms with Gasteiger partial charge in [-0.25, -0.2) is 0 Å². The minimum absolute atomic E-state index is 0.0340. The minimum atomic E-state index is -0.323. The summed E-state index contributed by atoms with van der Waals surface area (Å²) in [6, 6.07) is 13.8. The van der Waals surface area contributed by atoms with Crippen molar-refractivity contribution in [3.63, 3.8) is 0 Å². The van der Waals surface area contributed by atoms with Crippen molar-refractivity contribution < 1.29 is 19.1 Å². The van der Waals surface area contributed by atoms with E-state index in [2.05, 4.69) is 11.4 Å². The molecular weight excluding hydrogens is 368 g/mol. The van der Waals surface area contributed by atoms with Gasteiger partial charge in [-0.15, -0.1) is 0 Å². The Balaban J connectivity index is 1.25. The number of nitrogens with one attached hydrogen (secondary N) is 1. The molecule has 6 nitrogen and oxygen atoms in total. The predicted octanol–water partition coefficient (Wildman–Crippen LogP) is 2.93. The molecule has 1 fully saturated rings. The number of hydrogen-bond acceptors (Lipinski definition) is 4. The van der Waals surface area contributed by atoms with Gasteiger partial charge in [-0.05, 0) is 48.6 Å². The summed E-state index contributed by atoms with van der Waals surface area (Å²) in [6.07, 6.45) is 3.37. The first-order chi connectivity index (χ1) is 14.1. The highest BCUT2D eigenvalue weighted by atomic mass is 16.6. The van der Waals surface area contributed by atoms with Crippen molar-refractivity contribution in [1.29, 1.82) is 0 Å². The normalized spacial score (nSPS) is 18.8. The predicted molar refractivity (Wildman–Crippen MR) is 108 cm³/mol. The highest BCUT2D eigenvalue weighted by molar-refractivity contribution is 5.97. The van der Waals surface area contributed by atoms with E-state index >= 15 is 0 Å². The van der Waals surface area contributed by atoms with Crippen molar-refractivity contribution in [3.8, 4) is 11.5 Å². The Labute approximate surface area is 169 Å². The zero-order chi connectivity index (χ0) is 19.8. The molecule has 0 bridgehead atoms. The van der Waals surface area contributed by atoms with Gasteiger partial charge in [0.25, 0.3) is 0 Å². The number of fused-ring (bicyclic) bond motifs is 2. The number of benzene rings is 2. The Kier molecular flexibility index (Phi) is 4.42. The summed E-state index contributed by atoms with van der Waals surface area (Å²) >= 11 is 0. The molecular formula is C23H24N2O4. The number of amides is 2. The monoisotopic (exact) mass is 392 g/mol. The fourth-order valence-electron chi connectivity index (χ4n) is 4.24. The molecule has 0 unspecified atom stereocenters. The Hall–Kier alpha value is -3.02. The fourth-order valence-corrected chi connectivity index (χ4v) is 4.24. The number of carbonyl (C=O) groups is 2. The van der Waals surface area contributed by atoms with E-state index in [1.165, 1.54) is 5.56 Å². The van der Waals surface area contributed by atoms with E-state index in [0.717, 1.165) is 42.0 Å². The molecule has 0 radical (unpaired) electrons. The van der Waals surface area contributed by atoms with Crippen molar-refractivity contribution >= 4 is 17.5 Å². The quantitative estimate of drug-likeness (QED) is 0.850. The second kappa shape index (κ2) is 7.10. The van der Waals surface area contributed by atoms with E-state index in [9.17, 15) is 9.59 Å². The summed E-state index contributed by atoms with van der Waals surface area (Å²) in [5.41, 5.74) is 2.83. The van der Waals surface area contributed by atoms with Crippen LogP contribution >= 0.6 is 0 Å². The van der Waals surface area contributed by atoms with Gasteiger partial charge in [0.2, 0.25) is 11.8 Å². The Bertz CT molecular complexity index is 967. The SMILES string of the molecule is O=C(CCN1C(=O)CCc2ccccc21)NC1(c2ccc3c(c2)OCCO3)CC1. The van der Waals surface area contributed by atoms with Crippen LogP contribution in [-0.4, -0.2) is 31.6 Å². The van der Waals surface area contributed by atoms with Crippen molar-refractivity contribution in [2.45, 2.75) is 37.6 Å². The molecule has 5 rings (SSSR count). The van der Waals surface area contributed by atoms with Gasteiger partial charge in [0.15, 0.2) is 11.5 Å². The molecule has 0 atom stereocenters. The molecule has 150 valence electrons. The van der Waals surface area contributed by atoms with Gasteiger partial charge < -0.3 is 19.7 Å². The van der Waals surface area contributed by atoms with Crippen LogP contribution in [0, 0.1) is 0 Å². The third-order valence-corrected chi connectivity index (χ3v) is 5.98. The Morgan fingerprint density at radius 3 is 2.66 bits per heavy atom. The van der Waals surface area contributed by atoms with Gasteiger partial charge in [-0.3, -0.25) is 9.59 Å². The molecule has 1 saturated carbocycles. The van der Waals surface area contributed by atoms with Gasteiger partial charge in [0.05, 0.1) is 5.54 Å². The number of anilines is 1. The number of rotatable bonds is 5.